The van der Waals surface area contributed by atoms with Gasteiger partial charge >= 0.3 is 0 Å². The molecule has 1 aliphatic heterocycles. The first kappa shape index (κ1) is 30.2. The zero-order chi connectivity index (χ0) is 13.0. The van der Waals surface area contributed by atoms with Crippen LogP contribution in [-0.4, -0.2) is 55.8 Å². The van der Waals surface area contributed by atoms with Crippen molar-refractivity contribution in [2.75, 3.05) is 34.9 Å². The Bertz CT molecular complexity index is 91.6. The van der Waals surface area contributed by atoms with Crippen molar-refractivity contribution in [3.05, 3.63) is 0 Å². The SMILES string of the molecule is C.C.CC.CC.CC(C)N(C)C.CN1CN1C. The molecule has 1 saturated heterocycles. The number of hydrogen-bond acceptors (Lipinski definition) is 3. The van der Waals surface area contributed by atoms with Crippen molar-refractivity contribution >= 4 is 0 Å². The minimum atomic E-state index is 0. The van der Waals surface area contributed by atoms with E-state index in [1.807, 2.05) is 27.7 Å². The number of nitrogens with zero attached hydrogens (tertiary/aromatic N) is 3. The van der Waals surface area contributed by atoms with Gasteiger partial charge in [0.2, 0.25) is 0 Å². The van der Waals surface area contributed by atoms with E-state index in [1.165, 1.54) is 0 Å². The van der Waals surface area contributed by atoms with Gasteiger partial charge in [0, 0.05) is 20.1 Å². The third-order valence-electron chi connectivity index (χ3n) is 1.94. The molecule has 0 aromatic rings. The van der Waals surface area contributed by atoms with E-state index in [-0.39, 0.29) is 14.9 Å². The van der Waals surface area contributed by atoms with Crippen LogP contribution >= 0.6 is 0 Å². The molecule has 1 aliphatic rings. The lowest BCUT2D eigenvalue weighted by atomic mass is 10.4. The molecule has 2 atom stereocenters. The standard InChI is InChI=1S/C5H13N.C3H8N2.2C2H6.2CH4/c1-5(2)6(3)4;1-4-3-5(4)2;2*1-2;;/h5H,1-4H3;3H2,1-2H3;2*1-2H3;2*1H4. The summed E-state index contributed by atoms with van der Waals surface area (Å²) in [5, 5.41) is 4.25. The maximum absolute atomic E-state index is 2.17. The number of hydrogen-bond donors (Lipinski definition) is 0. The summed E-state index contributed by atoms with van der Waals surface area (Å²) in [5.74, 6) is 0. The van der Waals surface area contributed by atoms with E-state index < -0.39 is 0 Å². The first-order chi connectivity index (χ1) is 6.95. The number of rotatable bonds is 1. The van der Waals surface area contributed by atoms with Crippen molar-refractivity contribution in [3.8, 4) is 0 Å². The van der Waals surface area contributed by atoms with Crippen LogP contribution in [0.3, 0.4) is 0 Å². The average Bonchev–Trinajstić information content (AvgIpc) is 2.87. The average molecular weight is 252 g/mol. The zero-order valence-electron chi connectivity index (χ0n) is 12.6. The molecule has 17 heavy (non-hydrogen) atoms. The lowest BCUT2D eigenvalue weighted by molar-refractivity contribution is 0.335. The fourth-order valence-corrected chi connectivity index (χ4v) is 0.268. The summed E-state index contributed by atoms with van der Waals surface area (Å²) in [6.07, 6.45) is 0. The highest BCUT2D eigenvalue weighted by molar-refractivity contribution is 4.53. The van der Waals surface area contributed by atoms with Crippen LogP contribution in [0, 0.1) is 0 Å². The van der Waals surface area contributed by atoms with Crippen LogP contribution in [0.5, 0.6) is 0 Å². The third-order valence-corrected chi connectivity index (χ3v) is 1.94. The molecule has 1 heterocycles. The molecule has 3 nitrogen and oxygen atoms in total. The summed E-state index contributed by atoms with van der Waals surface area (Å²) in [5.41, 5.74) is 0. The molecule has 0 aromatic heterocycles. The molecule has 0 N–H and O–H groups in total. The summed E-state index contributed by atoms with van der Waals surface area (Å²) < 4.78 is 0. The molecule has 0 radical (unpaired) electrons. The molecule has 1 rings (SSSR count). The molecule has 2 unspecified atom stereocenters. The fourth-order valence-electron chi connectivity index (χ4n) is 0.268. The quantitative estimate of drug-likeness (QED) is 0.652. The normalized spacial score (nSPS) is 19.1. The Morgan fingerprint density at radius 3 is 0.941 bits per heavy atom. The summed E-state index contributed by atoms with van der Waals surface area (Å²) in [6, 6.07) is 0.685. The molecule has 0 spiro atoms. The van der Waals surface area contributed by atoms with Crippen LogP contribution in [0.1, 0.15) is 56.4 Å². The Labute approximate surface area is 113 Å². The topological polar surface area (TPSA) is 9.26 Å². The van der Waals surface area contributed by atoms with Crippen LogP contribution in [0.15, 0.2) is 0 Å². The Morgan fingerprint density at radius 1 is 0.824 bits per heavy atom. The summed E-state index contributed by atoms with van der Waals surface area (Å²) in [4.78, 5) is 2.17. The van der Waals surface area contributed by atoms with Gasteiger partial charge in [-0.3, -0.25) is 0 Å². The number of hydrazine groups is 1. The lowest BCUT2D eigenvalue weighted by Gasteiger charge is -2.12. The van der Waals surface area contributed by atoms with Gasteiger partial charge in [-0.1, -0.05) is 42.5 Å². The van der Waals surface area contributed by atoms with Gasteiger partial charge in [0.1, 0.15) is 0 Å². The Balaban J connectivity index is -0.0000000402. The van der Waals surface area contributed by atoms with Crippen LogP contribution in [0.25, 0.3) is 0 Å². The van der Waals surface area contributed by atoms with E-state index in [9.17, 15) is 0 Å². The van der Waals surface area contributed by atoms with Gasteiger partial charge in [0.05, 0.1) is 6.67 Å². The molecule has 112 valence electrons. The fraction of sp³-hybridized carbons (Fsp3) is 1.00. The van der Waals surface area contributed by atoms with Gasteiger partial charge in [-0.05, 0) is 27.9 Å². The third kappa shape index (κ3) is 31.3. The molecular weight excluding hydrogens is 210 g/mol. The minimum Gasteiger partial charge on any atom is -0.307 e. The van der Waals surface area contributed by atoms with Crippen molar-refractivity contribution in [2.45, 2.75) is 62.4 Å². The molecule has 3 heteroatoms. The van der Waals surface area contributed by atoms with Crippen LogP contribution in [-0.2, 0) is 0 Å². The molecule has 0 aromatic carbocycles. The molecule has 0 amide bonds. The molecule has 0 saturated carbocycles. The van der Waals surface area contributed by atoms with Crippen molar-refractivity contribution < 1.29 is 0 Å². The van der Waals surface area contributed by atoms with E-state index in [0.29, 0.717) is 6.04 Å². The highest BCUT2D eigenvalue weighted by atomic mass is 15.8. The predicted octanol–water partition coefficient (Wildman–Crippen LogP) is 4.02. The second kappa shape index (κ2) is 21.2. The van der Waals surface area contributed by atoms with E-state index in [4.69, 9.17) is 0 Å². The van der Waals surface area contributed by atoms with Crippen LogP contribution in [0.2, 0.25) is 0 Å². The van der Waals surface area contributed by atoms with Gasteiger partial charge in [-0.25, -0.2) is 10.0 Å². The second-order valence-electron chi connectivity index (χ2n) is 3.51. The summed E-state index contributed by atoms with van der Waals surface area (Å²) >= 11 is 0. The Morgan fingerprint density at radius 2 is 0.941 bits per heavy atom. The Hall–Kier alpha value is -0.120. The van der Waals surface area contributed by atoms with E-state index in [1.54, 1.807) is 0 Å². The largest absolute Gasteiger partial charge is 0.307 e. The molecule has 1 fully saturated rings. The van der Waals surface area contributed by atoms with Gasteiger partial charge in [0.25, 0.3) is 0 Å². The minimum absolute atomic E-state index is 0. The first-order valence-electron chi connectivity index (χ1n) is 6.03. The molecule has 0 bridgehead atoms. The monoisotopic (exact) mass is 251 g/mol. The highest BCUT2D eigenvalue weighted by Gasteiger charge is 2.18. The van der Waals surface area contributed by atoms with Gasteiger partial charge in [0.15, 0.2) is 0 Å². The summed E-state index contributed by atoms with van der Waals surface area (Å²) in [7, 11) is 8.26. The first-order valence-corrected chi connectivity index (χ1v) is 6.03. The van der Waals surface area contributed by atoms with Crippen molar-refractivity contribution in [3.63, 3.8) is 0 Å². The van der Waals surface area contributed by atoms with Gasteiger partial charge < -0.3 is 4.90 Å². The van der Waals surface area contributed by atoms with Crippen LogP contribution in [0.4, 0.5) is 0 Å². The van der Waals surface area contributed by atoms with Crippen molar-refractivity contribution in [1.29, 1.82) is 0 Å². The zero-order valence-corrected chi connectivity index (χ0v) is 12.6. The maximum atomic E-state index is 2.17. The lowest BCUT2D eigenvalue weighted by Crippen LogP contribution is -2.20. The highest BCUT2D eigenvalue weighted by Crippen LogP contribution is 2.03. The van der Waals surface area contributed by atoms with Crippen LogP contribution < -0.4 is 0 Å². The summed E-state index contributed by atoms with van der Waals surface area (Å²) in [6.45, 7) is 13.5. The van der Waals surface area contributed by atoms with E-state index in [2.05, 4.69) is 57.0 Å². The maximum Gasteiger partial charge on any atom is 0.0781 e. The van der Waals surface area contributed by atoms with Crippen molar-refractivity contribution in [2.24, 2.45) is 0 Å². The van der Waals surface area contributed by atoms with E-state index >= 15 is 0 Å². The van der Waals surface area contributed by atoms with E-state index in [0.717, 1.165) is 6.67 Å². The molecule has 0 aliphatic carbocycles. The van der Waals surface area contributed by atoms with Gasteiger partial charge in [-0.2, -0.15) is 0 Å². The predicted molar refractivity (Wildman–Crippen MR) is 85.4 cm³/mol. The smallest absolute Gasteiger partial charge is 0.0781 e. The second-order valence-corrected chi connectivity index (χ2v) is 3.51. The van der Waals surface area contributed by atoms with Crippen molar-refractivity contribution in [1.82, 2.24) is 14.9 Å². The molecular formula is C14H41N3. The van der Waals surface area contributed by atoms with Gasteiger partial charge in [-0.15, -0.1) is 0 Å². The Kier molecular flexibility index (Phi) is 37.6.